The van der Waals surface area contributed by atoms with Gasteiger partial charge in [0.25, 0.3) is 0 Å². The van der Waals surface area contributed by atoms with Crippen molar-refractivity contribution >= 4 is 17.1 Å². The standard InChI is InChI=1S/C35H45N3O2/c1-3-4-5-6-7-8-9-10-11-14-25-40-34-22-18-31(19-23-34)28-38(29(2)39)32-20-16-30(17-21-32)26-35-36-27-33-15-12-13-24-37(33)35/h12-13,15-24,27H,3-11,14,25-26,28H2,1-2H3. The number of imidazole rings is 1. The number of pyridine rings is 1. The smallest absolute Gasteiger partial charge is 0.224 e. The van der Waals surface area contributed by atoms with Crippen LogP contribution in [0.5, 0.6) is 5.75 Å². The molecule has 0 spiro atoms. The maximum Gasteiger partial charge on any atom is 0.224 e. The topological polar surface area (TPSA) is 46.8 Å². The van der Waals surface area contributed by atoms with Gasteiger partial charge in [-0.05, 0) is 53.9 Å². The zero-order valence-corrected chi connectivity index (χ0v) is 24.4. The molecule has 0 atom stereocenters. The number of hydrogen-bond acceptors (Lipinski definition) is 3. The molecular weight excluding hydrogens is 494 g/mol. The van der Waals surface area contributed by atoms with Crippen molar-refractivity contribution in [1.82, 2.24) is 9.38 Å². The Morgan fingerprint density at radius 1 is 0.800 bits per heavy atom. The van der Waals surface area contributed by atoms with Crippen molar-refractivity contribution in [2.24, 2.45) is 0 Å². The Morgan fingerprint density at radius 3 is 2.12 bits per heavy atom. The molecule has 4 aromatic rings. The Hall–Kier alpha value is -3.60. The minimum absolute atomic E-state index is 0.0216. The first kappa shape index (κ1) is 29.4. The summed E-state index contributed by atoms with van der Waals surface area (Å²) in [7, 11) is 0. The average molecular weight is 540 g/mol. The van der Waals surface area contributed by atoms with Crippen LogP contribution < -0.4 is 9.64 Å². The molecule has 0 aliphatic carbocycles. The fraction of sp³-hybridized carbons (Fsp3) is 0.429. The average Bonchev–Trinajstić information content (AvgIpc) is 3.38. The molecule has 2 aromatic carbocycles. The van der Waals surface area contributed by atoms with E-state index in [-0.39, 0.29) is 5.91 Å². The highest BCUT2D eigenvalue weighted by atomic mass is 16.5. The number of ether oxygens (including phenoxy) is 1. The van der Waals surface area contributed by atoms with Crippen molar-refractivity contribution in [3.63, 3.8) is 0 Å². The van der Waals surface area contributed by atoms with Crippen LogP contribution in [-0.2, 0) is 17.8 Å². The van der Waals surface area contributed by atoms with Gasteiger partial charge >= 0.3 is 0 Å². The highest BCUT2D eigenvalue weighted by Crippen LogP contribution is 2.22. The van der Waals surface area contributed by atoms with Gasteiger partial charge in [-0.2, -0.15) is 0 Å². The van der Waals surface area contributed by atoms with Crippen molar-refractivity contribution in [2.75, 3.05) is 11.5 Å². The number of carbonyl (C=O) groups excluding carboxylic acids is 1. The third-order valence-electron chi connectivity index (χ3n) is 7.54. The largest absolute Gasteiger partial charge is 0.494 e. The lowest BCUT2D eigenvalue weighted by molar-refractivity contribution is -0.116. The van der Waals surface area contributed by atoms with Gasteiger partial charge < -0.3 is 14.0 Å². The number of carbonyl (C=O) groups is 1. The maximum absolute atomic E-state index is 12.5. The molecule has 4 rings (SSSR count). The fourth-order valence-corrected chi connectivity index (χ4v) is 5.14. The number of anilines is 1. The van der Waals surface area contributed by atoms with Crippen molar-refractivity contribution in [3.8, 4) is 5.75 Å². The summed E-state index contributed by atoms with van der Waals surface area (Å²) in [4.78, 5) is 18.9. The molecule has 0 N–H and O–H groups in total. The molecule has 0 radical (unpaired) electrons. The van der Waals surface area contributed by atoms with Crippen molar-refractivity contribution in [2.45, 2.75) is 91.0 Å². The van der Waals surface area contributed by atoms with E-state index in [2.05, 4.69) is 46.6 Å². The van der Waals surface area contributed by atoms with Gasteiger partial charge in [-0.1, -0.05) is 95.0 Å². The molecule has 0 unspecified atom stereocenters. The van der Waals surface area contributed by atoms with E-state index < -0.39 is 0 Å². The quantitative estimate of drug-likeness (QED) is 0.126. The minimum Gasteiger partial charge on any atom is -0.494 e. The lowest BCUT2D eigenvalue weighted by atomic mass is 10.1. The number of amides is 1. The summed E-state index contributed by atoms with van der Waals surface area (Å²) >= 11 is 0. The number of benzene rings is 2. The van der Waals surface area contributed by atoms with Crippen LogP contribution in [0.25, 0.3) is 5.52 Å². The monoisotopic (exact) mass is 539 g/mol. The second-order valence-corrected chi connectivity index (χ2v) is 10.8. The van der Waals surface area contributed by atoms with E-state index in [0.717, 1.165) is 53.4 Å². The molecule has 0 aliphatic rings. The van der Waals surface area contributed by atoms with Gasteiger partial charge in [0.05, 0.1) is 24.9 Å². The Kier molecular flexibility index (Phi) is 11.6. The van der Waals surface area contributed by atoms with Gasteiger partial charge in [0.15, 0.2) is 0 Å². The zero-order chi connectivity index (χ0) is 28.0. The van der Waals surface area contributed by atoms with Gasteiger partial charge in [-0.15, -0.1) is 0 Å². The molecule has 5 nitrogen and oxygen atoms in total. The van der Waals surface area contributed by atoms with Crippen LogP contribution in [0.4, 0.5) is 5.69 Å². The highest BCUT2D eigenvalue weighted by molar-refractivity contribution is 5.91. The van der Waals surface area contributed by atoms with E-state index in [1.807, 2.05) is 53.7 Å². The van der Waals surface area contributed by atoms with Gasteiger partial charge in [-0.25, -0.2) is 4.98 Å². The van der Waals surface area contributed by atoms with E-state index in [1.54, 1.807) is 6.92 Å². The third-order valence-corrected chi connectivity index (χ3v) is 7.54. The number of unbranched alkanes of at least 4 members (excludes halogenated alkanes) is 9. The molecule has 0 fully saturated rings. The molecule has 212 valence electrons. The van der Waals surface area contributed by atoms with E-state index in [0.29, 0.717) is 6.54 Å². The lowest BCUT2D eigenvalue weighted by Gasteiger charge is -2.22. The molecule has 0 saturated heterocycles. The van der Waals surface area contributed by atoms with Crippen molar-refractivity contribution in [1.29, 1.82) is 0 Å². The van der Waals surface area contributed by atoms with E-state index in [1.165, 1.54) is 57.8 Å². The van der Waals surface area contributed by atoms with Crippen molar-refractivity contribution < 1.29 is 9.53 Å². The fourth-order valence-electron chi connectivity index (χ4n) is 5.14. The summed E-state index contributed by atoms with van der Waals surface area (Å²) in [6, 6.07) is 22.5. The number of fused-ring (bicyclic) bond motifs is 1. The van der Waals surface area contributed by atoms with Crippen LogP contribution in [0.3, 0.4) is 0 Å². The molecule has 0 bridgehead atoms. The molecular formula is C35H45N3O2. The molecule has 0 aliphatic heterocycles. The minimum atomic E-state index is 0.0216. The van der Waals surface area contributed by atoms with E-state index in [9.17, 15) is 4.79 Å². The lowest BCUT2D eigenvalue weighted by Crippen LogP contribution is -2.27. The number of nitrogens with zero attached hydrogens (tertiary/aromatic N) is 3. The van der Waals surface area contributed by atoms with Gasteiger partial charge in [0.2, 0.25) is 5.91 Å². The molecule has 1 amide bonds. The molecule has 2 aromatic heterocycles. The summed E-state index contributed by atoms with van der Waals surface area (Å²) in [5, 5.41) is 0. The first-order valence-corrected chi connectivity index (χ1v) is 15.1. The maximum atomic E-state index is 12.5. The van der Waals surface area contributed by atoms with Crippen molar-refractivity contribution in [3.05, 3.63) is 96.1 Å². The zero-order valence-electron chi connectivity index (χ0n) is 24.4. The first-order valence-electron chi connectivity index (χ1n) is 15.1. The highest BCUT2D eigenvalue weighted by Gasteiger charge is 2.13. The first-order chi connectivity index (χ1) is 19.6. The molecule has 40 heavy (non-hydrogen) atoms. The van der Waals surface area contributed by atoms with Crippen LogP contribution >= 0.6 is 0 Å². The van der Waals surface area contributed by atoms with Crippen LogP contribution in [0.15, 0.2) is 79.1 Å². The van der Waals surface area contributed by atoms with Gasteiger partial charge in [0.1, 0.15) is 11.6 Å². The van der Waals surface area contributed by atoms with Crippen LogP contribution in [0, 0.1) is 0 Å². The normalized spacial score (nSPS) is 11.2. The second kappa shape index (κ2) is 15.9. The van der Waals surface area contributed by atoms with Gasteiger partial charge in [-0.3, -0.25) is 4.79 Å². The third kappa shape index (κ3) is 8.97. The molecule has 0 saturated carbocycles. The Balaban J connectivity index is 1.20. The SMILES string of the molecule is CCCCCCCCCCCCOc1ccc(CN(C(C)=O)c2ccc(Cc3ncc4ccccn34)cc2)cc1. The van der Waals surface area contributed by atoms with E-state index >= 15 is 0 Å². The molecule has 5 heteroatoms. The summed E-state index contributed by atoms with van der Waals surface area (Å²) < 4.78 is 8.08. The predicted molar refractivity (Wildman–Crippen MR) is 165 cm³/mol. The summed E-state index contributed by atoms with van der Waals surface area (Å²) in [5.74, 6) is 1.92. The Morgan fingerprint density at radius 2 is 1.45 bits per heavy atom. The Labute approximate surface area is 240 Å². The van der Waals surface area contributed by atoms with Crippen LogP contribution in [0.1, 0.15) is 95.0 Å². The van der Waals surface area contributed by atoms with Crippen LogP contribution in [0.2, 0.25) is 0 Å². The Bertz CT molecular complexity index is 1290. The summed E-state index contributed by atoms with van der Waals surface area (Å²) in [6.07, 6.45) is 17.9. The number of hydrogen-bond donors (Lipinski definition) is 0. The predicted octanol–water partition coefficient (Wildman–Crippen LogP) is 8.78. The van der Waals surface area contributed by atoms with E-state index in [4.69, 9.17) is 4.74 Å². The molecule has 2 heterocycles. The number of rotatable bonds is 17. The number of aromatic nitrogens is 2. The second-order valence-electron chi connectivity index (χ2n) is 10.8. The summed E-state index contributed by atoms with van der Waals surface area (Å²) in [5.41, 5.74) is 4.22. The van der Waals surface area contributed by atoms with Gasteiger partial charge in [0, 0.05) is 25.2 Å². The van der Waals surface area contributed by atoms with Crippen LogP contribution in [-0.4, -0.2) is 21.9 Å². The summed E-state index contributed by atoms with van der Waals surface area (Å²) in [6.45, 7) is 5.18.